The molecule has 0 aliphatic heterocycles. The van der Waals surface area contributed by atoms with Crippen molar-refractivity contribution in [1.82, 2.24) is 9.88 Å². The zero-order valence-electron chi connectivity index (χ0n) is 11.5. The Morgan fingerprint density at radius 2 is 1.82 bits per heavy atom. The van der Waals surface area contributed by atoms with Gasteiger partial charge >= 0.3 is 0 Å². The quantitative estimate of drug-likeness (QED) is 0.858. The molecule has 0 spiro atoms. The molecule has 2 aromatic rings. The summed E-state index contributed by atoms with van der Waals surface area (Å²) in [6, 6.07) is 2.32. The lowest BCUT2D eigenvalue weighted by Gasteiger charge is -2.10. The van der Waals surface area contributed by atoms with Gasteiger partial charge in [0.25, 0.3) is 0 Å². The normalized spacial score (nSPS) is 11.6. The average molecular weight is 230 g/mol. The van der Waals surface area contributed by atoms with Crippen molar-refractivity contribution in [2.75, 3.05) is 20.6 Å². The van der Waals surface area contributed by atoms with E-state index in [2.05, 4.69) is 57.0 Å². The minimum atomic E-state index is 1.10. The average Bonchev–Trinajstić information content (AvgIpc) is 2.66. The summed E-state index contributed by atoms with van der Waals surface area (Å²) in [6.07, 6.45) is 3.27. The molecule has 1 heterocycles. The lowest BCUT2D eigenvalue weighted by atomic mass is 9.99. The molecule has 0 amide bonds. The van der Waals surface area contributed by atoms with Gasteiger partial charge in [-0.1, -0.05) is 0 Å². The number of aromatic nitrogens is 1. The molecule has 0 atom stereocenters. The van der Waals surface area contributed by atoms with Gasteiger partial charge in [0.05, 0.1) is 0 Å². The van der Waals surface area contributed by atoms with Gasteiger partial charge < -0.3 is 9.88 Å². The smallest absolute Gasteiger partial charge is 0.0489 e. The van der Waals surface area contributed by atoms with Gasteiger partial charge in [-0.05, 0) is 69.6 Å². The van der Waals surface area contributed by atoms with Gasteiger partial charge in [-0.15, -0.1) is 0 Å². The third-order valence-corrected chi connectivity index (χ3v) is 3.72. The Morgan fingerprint density at radius 3 is 2.47 bits per heavy atom. The minimum Gasteiger partial charge on any atom is -0.361 e. The van der Waals surface area contributed by atoms with Crippen LogP contribution in [0, 0.1) is 20.8 Å². The van der Waals surface area contributed by atoms with Crippen LogP contribution in [0.25, 0.3) is 10.9 Å². The number of hydrogen-bond donors (Lipinski definition) is 1. The number of rotatable bonds is 3. The summed E-state index contributed by atoms with van der Waals surface area (Å²) in [5.74, 6) is 0. The molecule has 0 aliphatic rings. The van der Waals surface area contributed by atoms with E-state index in [1.807, 2.05) is 0 Å². The van der Waals surface area contributed by atoms with Gasteiger partial charge in [0.1, 0.15) is 0 Å². The maximum atomic E-state index is 3.43. The number of aromatic amines is 1. The van der Waals surface area contributed by atoms with Crippen LogP contribution >= 0.6 is 0 Å². The van der Waals surface area contributed by atoms with Gasteiger partial charge in [0.15, 0.2) is 0 Å². The predicted octanol–water partition coefficient (Wildman–Crippen LogP) is 3.20. The van der Waals surface area contributed by atoms with Gasteiger partial charge in [0.2, 0.25) is 0 Å². The molecule has 92 valence electrons. The number of fused-ring (bicyclic) bond motifs is 1. The van der Waals surface area contributed by atoms with Crippen LogP contribution in [0.3, 0.4) is 0 Å². The number of hydrogen-bond acceptors (Lipinski definition) is 1. The lowest BCUT2D eigenvalue weighted by Crippen LogP contribution is -2.14. The van der Waals surface area contributed by atoms with Crippen LogP contribution in [0.1, 0.15) is 22.3 Å². The summed E-state index contributed by atoms with van der Waals surface area (Å²) < 4.78 is 0. The number of nitrogens with zero attached hydrogens (tertiary/aromatic N) is 1. The Labute approximate surface area is 104 Å². The molecular weight excluding hydrogens is 208 g/mol. The van der Waals surface area contributed by atoms with Crippen molar-refractivity contribution < 1.29 is 0 Å². The number of nitrogens with one attached hydrogen (secondary N) is 1. The van der Waals surface area contributed by atoms with Crippen LogP contribution in [-0.2, 0) is 6.42 Å². The lowest BCUT2D eigenvalue weighted by molar-refractivity contribution is 0.414. The zero-order valence-corrected chi connectivity index (χ0v) is 11.5. The van der Waals surface area contributed by atoms with Crippen LogP contribution < -0.4 is 0 Å². The Morgan fingerprint density at radius 1 is 1.12 bits per heavy atom. The van der Waals surface area contributed by atoms with Crippen LogP contribution in [0.2, 0.25) is 0 Å². The molecule has 0 bridgehead atoms. The summed E-state index contributed by atoms with van der Waals surface area (Å²) in [5.41, 5.74) is 6.91. The molecule has 1 aromatic carbocycles. The maximum Gasteiger partial charge on any atom is 0.0489 e. The van der Waals surface area contributed by atoms with Crippen LogP contribution in [-0.4, -0.2) is 30.5 Å². The number of H-pyrrole nitrogens is 1. The van der Waals surface area contributed by atoms with Crippen LogP contribution in [0.4, 0.5) is 0 Å². The second-order valence-corrected chi connectivity index (χ2v) is 5.23. The highest BCUT2D eigenvalue weighted by molar-refractivity contribution is 5.87. The summed E-state index contributed by atoms with van der Waals surface area (Å²) in [5, 5.41) is 1.40. The molecule has 0 radical (unpaired) electrons. The van der Waals surface area contributed by atoms with Gasteiger partial charge in [-0.2, -0.15) is 0 Å². The largest absolute Gasteiger partial charge is 0.361 e. The summed E-state index contributed by atoms with van der Waals surface area (Å²) in [6.45, 7) is 7.70. The first kappa shape index (κ1) is 12.2. The van der Waals surface area contributed by atoms with Gasteiger partial charge in [-0.25, -0.2) is 0 Å². The van der Waals surface area contributed by atoms with E-state index in [-0.39, 0.29) is 0 Å². The van der Waals surface area contributed by atoms with E-state index in [0.717, 1.165) is 13.0 Å². The van der Waals surface area contributed by atoms with E-state index in [4.69, 9.17) is 0 Å². The molecule has 2 heteroatoms. The first-order valence-corrected chi connectivity index (χ1v) is 6.22. The van der Waals surface area contributed by atoms with Crippen molar-refractivity contribution in [2.24, 2.45) is 0 Å². The number of benzene rings is 1. The predicted molar refractivity (Wildman–Crippen MR) is 74.8 cm³/mol. The molecule has 1 N–H and O–H groups in total. The molecule has 1 aromatic heterocycles. The molecule has 0 unspecified atom stereocenters. The van der Waals surface area contributed by atoms with Crippen molar-refractivity contribution in [3.63, 3.8) is 0 Å². The molecule has 2 rings (SSSR count). The SMILES string of the molecule is Cc1cc2c(CCN(C)C)c[nH]c2c(C)c1C. The minimum absolute atomic E-state index is 1.10. The highest BCUT2D eigenvalue weighted by Crippen LogP contribution is 2.26. The van der Waals surface area contributed by atoms with Crippen molar-refractivity contribution in [3.8, 4) is 0 Å². The third-order valence-electron chi connectivity index (χ3n) is 3.72. The highest BCUT2D eigenvalue weighted by Gasteiger charge is 2.09. The zero-order chi connectivity index (χ0) is 12.6. The van der Waals surface area contributed by atoms with Crippen LogP contribution in [0.15, 0.2) is 12.3 Å². The van der Waals surface area contributed by atoms with Crippen molar-refractivity contribution >= 4 is 10.9 Å². The first-order valence-electron chi connectivity index (χ1n) is 6.22. The highest BCUT2D eigenvalue weighted by atomic mass is 15.0. The summed E-state index contributed by atoms with van der Waals surface area (Å²) in [7, 11) is 4.24. The third kappa shape index (κ3) is 2.22. The van der Waals surface area contributed by atoms with Crippen molar-refractivity contribution in [2.45, 2.75) is 27.2 Å². The Balaban J connectivity index is 2.46. The fourth-order valence-electron chi connectivity index (χ4n) is 2.31. The van der Waals surface area contributed by atoms with Crippen molar-refractivity contribution in [3.05, 3.63) is 34.5 Å². The van der Waals surface area contributed by atoms with Gasteiger partial charge in [-0.3, -0.25) is 0 Å². The van der Waals surface area contributed by atoms with Crippen LogP contribution in [0.5, 0.6) is 0 Å². The van der Waals surface area contributed by atoms with E-state index < -0.39 is 0 Å². The van der Waals surface area contributed by atoms with E-state index in [1.54, 1.807) is 0 Å². The molecule has 0 fully saturated rings. The Hall–Kier alpha value is -1.28. The fourth-order valence-corrected chi connectivity index (χ4v) is 2.31. The second kappa shape index (κ2) is 4.53. The van der Waals surface area contributed by atoms with E-state index in [0.29, 0.717) is 0 Å². The topological polar surface area (TPSA) is 19.0 Å². The van der Waals surface area contributed by atoms with E-state index >= 15 is 0 Å². The van der Waals surface area contributed by atoms with E-state index in [9.17, 15) is 0 Å². The molecule has 0 aliphatic carbocycles. The Kier molecular flexibility index (Phi) is 3.25. The maximum absolute atomic E-state index is 3.43. The fraction of sp³-hybridized carbons (Fsp3) is 0.467. The molecule has 17 heavy (non-hydrogen) atoms. The van der Waals surface area contributed by atoms with Gasteiger partial charge in [0, 0.05) is 23.6 Å². The number of likely N-dealkylation sites (N-methyl/N-ethyl adjacent to an activating group) is 1. The second-order valence-electron chi connectivity index (χ2n) is 5.23. The molecule has 2 nitrogen and oxygen atoms in total. The molecule has 0 saturated heterocycles. The molecular formula is C15H22N2. The summed E-state index contributed by atoms with van der Waals surface area (Å²) >= 11 is 0. The standard InChI is InChI=1S/C15H22N2/c1-10-8-14-13(6-7-17(4)5)9-16-15(14)12(3)11(10)2/h8-9,16H,6-7H2,1-5H3. The monoisotopic (exact) mass is 230 g/mol. The van der Waals surface area contributed by atoms with Crippen molar-refractivity contribution in [1.29, 1.82) is 0 Å². The Bertz CT molecular complexity index is 535. The first-order chi connectivity index (χ1) is 8.00. The summed E-state index contributed by atoms with van der Waals surface area (Å²) in [4.78, 5) is 5.66. The molecule has 0 saturated carbocycles. The number of aryl methyl sites for hydroxylation is 2. The van der Waals surface area contributed by atoms with E-state index in [1.165, 1.54) is 33.2 Å².